The Balaban J connectivity index is 1.98. The minimum absolute atomic E-state index is 0.0663. The van der Waals surface area contributed by atoms with E-state index < -0.39 is 0 Å². The largest absolute Gasteiger partial charge is 0.504 e. The molecule has 3 rings (SSSR count). The molecule has 0 aliphatic rings. The van der Waals surface area contributed by atoms with Crippen LogP contribution in [0, 0.1) is 4.77 Å². The average molecular weight is 356 g/mol. The van der Waals surface area contributed by atoms with Gasteiger partial charge in [-0.3, -0.25) is 0 Å². The second-order valence-electron chi connectivity index (χ2n) is 5.07. The van der Waals surface area contributed by atoms with Gasteiger partial charge in [0.1, 0.15) is 5.75 Å². The quantitative estimate of drug-likeness (QED) is 0.542. The van der Waals surface area contributed by atoms with Gasteiger partial charge >= 0.3 is 0 Å². The summed E-state index contributed by atoms with van der Waals surface area (Å²) in [6, 6.07) is 12.4. The van der Waals surface area contributed by atoms with E-state index in [1.807, 2.05) is 24.3 Å². The molecule has 0 saturated heterocycles. The van der Waals surface area contributed by atoms with Crippen LogP contribution in [0.15, 0.2) is 47.6 Å². The second kappa shape index (κ2) is 7.18. The highest BCUT2D eigenvalue weighted by atomic mass is 32.1. The van der Waals surface area contributed by atoms with Gasteiger partial charge in [-0.25, -0.2) is 5.10 Å². The molecule has 0 unspecified atom stereocenters. The van der Waals surface area contributed by atoms with Crippen molar-refractivity contribution in [1.82, 2.24) is 14.9 Å². The van der Waals surface area contributed by atoms with Gasteiger partial charge in [0.15, 0.2) is 17.3 Å². The normalized spacial score (nSPS) is 11.0. The highest BCUT2D eigenvalue weighted by Gasteiger charge is 2.09. The fourth-order valence-electron chi connectivity index (χ4n) is 2.25. The molecule has 8 heteroatoms. The van der Waals surface area contributed by atoms with Crippen molar-refractivity contribution in [2.75, 3.05) is 14.2 Å². The van der Waals surface area contributed by atoms with E-state index >= 15 is 0 Å². The molecule has 2 aromatic carbocycles. The van der Waals surface area contributed by atoms with E-state index in [-0.39, 0.29) is 5.75 Å². The van der Waals surface area contributed by atoms with Crippen LogP contribution in [-0.4, -0.2) is 40.4 Å². The van der Waals surface area contributed by atoms with Crippen LogP contribution in [0.4, 0.5) is 0 Å². The third kappa shape index (κ3) is 3.53. The number of aromatic hydroxyl groups is 1. The Hall–Kier alpha value is -3.13. The zero-order valence-electron chi connectivity index (χ0n) is 13.6. The van der Waals surface area contributed by atoms with Gasteiger partial charge in [0.2, 0.25) is 4.77 Å². The van der Waals surface area contributed by atoms with Gasteiger partial charge < -0.3 is 14.6 Å². The molecule has 0 atom stereocenters. The van der Waals surface area contributed by atoms with Crippen LogP contribution in [0.2, 0.25) is 0 Å². The number of phenolic OH excluding ortho intramolecular Hbond substituents is 1. The molecule has 7 nitrogen and oxygen atoms in total. The number of benzene rings is 2. The molecule has 2 N–H and O–H groups in total. The molecule has 1 aromatic heterocycles. The van der Waals surface area contributed by atoms with Crippen molar-refractivity contribution in [1.29, 1.82) is 0 Å². The third-order valence-corrected chi connectivity index (χ3v) is 3.77. The van der Waals surface area contributed by atoms with Crippen LogP contribution in [0.25, 0.3) is 11.4 Å². The van der Waals surface area contributed by atoms with Crippen molar-refractivity contribution in [2.45, 2.75) is 0 Å². The number of hydrogen-bond donors (Lipinski definition) is 2. The molecule has 128 valence electrons. The van der Waals surface area contributed by atoms with Crippen molar-refractivity contribution in [3.8, 4) is 28.6 Å². The van der Waals surface area contributed by atoms with Crippen LogP contribution in [0.1, 0.15) is 5.56 Å². The second-order valence-corrected chi connectivity index (χ2v) is 5.46. The number of methoxy groups -OCH3 is 2. The molecule has 0 bridgehead atoms. The van der Waals surface area contributed by atoms with Gasteiger partial charge in [0.25, 0.3) is 0 Å². The van der Waals surface area contributed by atoms with E-state index in [0.29, 0.717) is 22.1 Å². The topological polar surface area (TPSA) is 84.7 Å². The summed E-state index contributed by atoms with van der Waals surface area (Å²) in [6.07, 6.45) is 1.61. The van der Waals surface area contributed by atoms with Gasteiger partial charge in [-0.2, -0.15) is 14.9 Å². The Morgan fingerprint density at radius 2 is 2.04 bits per heavy atom. The van der Waals surface area contributed by atoms with Gasteiger partial charge in [-0.15, -0.1) is 0 Å². The fraction of sp³-hybridized carbons (Fsp3) is 0.118. The number of nitrogens with one attached hydrogen (secondary N) is 1. The number of aromatic nitrogens is 3. The molecular weight excluding hydrogens is 340 g/mol. The van der Waals surface area contributed by atoms with Crippen LogP contribution in [-0.2, 0) is 0 Å². The molecular formula is C17H16N4O3S. The molecule has 0 amide bonds. The Labute approximate surface area is 149 Å². The molecule has 1 heterocycles. The average Bonchev–Trinajstić information content (AvgIpc) is 3.01. The summed E-state index contributed by atoms with van der Waals surface area (Å²) >= 11 is 5.25. The molecule has 3 aromatic rings. The van der Waals surface area contributed by atoms with E-state index in [9.17, 15) is 5.11 Å². The predicted molar refractivity (Wildman–Crippen MR) is 97.1 cm³/mol. The van der Waals surface area contributed by atoms with Gasteiger partial charge in [-0.05, 0) is 48.1 Å². The lowest BCUT2D eigenvalue weighted by molar-refractivity contribution is 0.373. The monoisotopic (exact) mass is 356 g/mol. The maximum Gasteiger partial charge on any atom is 0.216 e. The number of aromatic amines is 1. The maximum atomic E-state index is 9.66. The minimum Gasteiger partial charge on any atom is -0.504 e. The van der Waals surface area contributed by atoms with Gasteiger partial charge in [0, 0.05) is 5.56 Å². The first-order chi connectivity index (χ1) is 12.1. The Morgan fingerprint density at radius 3 is 2.80 bits per heavy atom. The first-order valence-electron chi connectivity index (χ1n) is 7.35. The maximum absolute atomic E-state index is 9.66. The third-order valence-electron chi connectivity index (χ3n) is 3.50. The molecule has 0 fully saturated rings. The summed E-state index contributed by atoms with van der Waals surface area (Å²) in [7, 11) is 3.09. The molecule has 25 heavy (non-hydrogen) atoms. The molecule has 0 saturated carbocycles. The number of rotatable bonds is 5. The van der Waals surface area contributed by atoms with E-state index in [2.05, 4.69) is 15.3 Å². The number of nitrogens with zero attached hydrogens (tertiary/aromatic N) is 3. The number of ether oxygens (including phenoxy) is 2. The lowest BCUT2D eigenvalue weighted by Gasteiger charge is -2.05. The Morgan fingerprint density at radius 1 is 1.20 bits per heavy atom. The lowest BCUT2D eigenvalue weighted by Crippen LogP contribution is -1.96. The van der Waals surface area contributed by atoms with Crippen LogP contribution >= 0.6 is 12.2 Å². The first-order valence-corrected chi connectivity index (χ1v) is 7.76. The minimum atomic E-state index is 0.0663. The molecule has 0 spiro atoms. The Kier molecular flexibility index (Phi) is 4.80. The molecule has 0 aliphatic heterocycles. The van der Waals surface area contributed by atoms with Crippen molar-refractivity contribution >= 4 is 18.4 Å². The SMILES string of the molecule is COc1cccc(-c2n[nH]c(=S)n2/N=C\c2ccc(O)c(OC)c2)c1. The van der Waals surface area contributed by atoms with Crippen LogP contribution in [0.5, 0.6) is 17.2 Å². The van der Waals surface area contributed by atoms with Gasteiger partial charge in [0.05, 0.1) is 20.4 Å². The standard InChI is InChI=1S/C17H16N4O3S/c1-23-13-5-3-4-12(9-13)16-19-20-17(25)21(16)18-10-11-6-7-14(22)15(8-11)24-2/h3-10,22H,1-2H3,(H,20,25)/b18-10-. The highest BCUT2D eigenvalue weighted by Crippen LogP contribution is 2.26. The summed E-state index contributed by atoms with van der Waals surface area (Å²) < 4.78 is 12.2. The number of phenols is 1. The number of H-pyrrole nitrogens is 1. The smallest absolute Gasteiger partial charge is 0.216 e. The van der Waals surface area contributed by atoms with Crippen molar-refractivity contribution in [2.24, 2.45) is 5.10 Å². The highest BCUT2D eigenvalue weighted by molar-refractivity contribution is 7.71. The summed E-state index contributed by atoms with van der Waals surface area (Å²) in [5.74, 6) is 1.71. The van der Waals surface area contributed by atoms with Crippen molar-refractivity contribution in [3.05, 3.63) is 52.8 Å². The summed E-state index contributed by atoms with van der Waals surface area (Å²) in [5.41, 5.74) is 1.56. The zero-order chi connectivity index (χ0) is 17.8. The van der Waals surface area contributed by atoms with Crippen LogP contribution in [0.3, 0.4) is 0 Å². The number of hydrogen-bond acceptors (Lipinski definition) is 6. The van der Waals surface area contributed by atoms with Crippen molar-refractivity contribution < 1.29 is 14.6 Å². The van der Waals surface area contributed by atoms with Crippen LogP contribution < -0.4 is 9.47 Å². The summed E-state index contributed by atoms with van der Waals surface area (Å²) in [6.45, 7) is 0. The zero-order valence-corrected chi connectivity index (χ0v) is 14.4. The van der Waals surface area contributed by atoms with Crippen molar-refractivity contribution in [3.63, 3.8) is 0 Å². The molecule has 0 radical (unpaired) electrons. The molecule has 0 aliphatic carbocycles. The Bertz CT molecular complexity index is 978. The van der Waals surface area contributed by atoms with E-state index in [0.717, 1.165) is 11.1 Å². The lowest BCUT2D eigenvalue weighted by atomic mass is 10.2. The fourth-order valence-corrected chi connectivity index (χ4v) is 2.43. The van der Waals surface area contributed by atoms with E-state index in [1.54, 1.807) is 25.5 Å². The predicted octanol–water partition coefficient (Wildman–Crippen LogP) is 3.21. The summed E-state index contributed by atoms with van der Waals surface area (Å²) in [4.78, 5) is 0. The van der Waals surface area contributed by atoms with E-state index in [1.165, 1.54) is 17.9 Å². The van der Waals surface area contributed by atoms with E-state index in [4.69, 9.17) is 21.7 Å². The van der Waals surface area contributed by atoms with Gasteiger partial charge in [-0.1, -0.05) is 12.1 Å². The summed E-state index contributed by atoms with van der Waals surface area (Å²) in [5, 5.41) is 21.0. The first kappa shape index (κ1) is 16.7.